The van der Waals surface area contributed by atoms with E-state index in [0.29, 0.717) is 11.5 Å². The Hall–Kier alpha value is -0.540. The smallest absolute Gasteiger partial charge is 0.133 e. The Bertz CT molecular complexity index is 431. The van der Waals surface area contributed by atoms with Gasteiger partial charge in [0, 0.05) is 12.6 Å². The Balaban J connectivity index is 1.96. The Labute approximate surface area is 125 Å². The van der Waals surface area contributed by atoms with Gasteiger partial charge in [-0.05, 0) is 51.9 Å². The van der Waals surface area contributed by atoms with Crippen LogP contribution in [0.15, 0.2) is 22.7 Å². The molecule has 1 unspecified atom stereocenters. The lowest BCUT2D eigenvalue weighted by molar-refractivity contribution is 0.167. The van der Waals surface area contributed by atoms with Crippen LogP contribution in [0.1, 0.15) is 45.1 Å². The molecule has 3 heteroatoms. The van der Waals surface area contributed by atoms with E-state index in [4.69, 9.17) is 4.74 Å². The number of hydrogen-bond donors (Lipinski definition) is 1. The first-order valence-corrected chi connectivity index (χ1v) is 7.88. The Morgan fingerprint density at radius 1 is 1.37 bits per heavy atom. The van der Waals surface area contributed by atoms with Gasteiger partial charge in [0.15, 0.2) is 0 Å². The maximum Gasteiger partial charge on any atom is 0.133 e. The number of nitrogens with one attached hydrogen (secondary N) is 1. The SMILES string of the molecule is COc1ccc(CNC2CCCCC2(C)C)cc1Br. The number of halogens is 1. The summed E-state index contributed by atoms with van der Waals surface area (Å²) in [7, 11) is 1.70. The largest absolute Gasteiger partial charge is 0.496 e. The van der Waals surface area contributed by atoms with Gasteiger partial charge >= 0.3 is 0 Å². The van der Waals surface area contributed by atoms with Crippen LogP contribution < -0.4 is 10.1 Å². The van der Waals surface area contributed by atoms with Crippen LogP contribution in [0.2, 0.25) is 0 Å². The number of methoxy groups -OCH3 is 1. The van der Waals surface area contributed by atoms with Gasteiger partial charge in [-0.1, -0.05) is 32.8 Å². The monoisotopic (exact) mass is 325 g/mol. The summed E-state index contributed by atoms with van der Waals surface area (Å²) >= 11 is 3.54. The topological polar surface area (TPSA) is 21.3 Å². The molecule has 0 amide bonds. The molecule has 2 nitrogen and oxygen atoms in total. The zero-order chi connectivity index (χ0) is 13.9. The summed E-state index contributed by atoms with van der Waals surface area (Å²) in [5.41, 5.74) is 1.72. The standard InChI is InChI=1S/C16H24BrNO/c1-16(2)9-5-4-6-15(16)18-11-12-7-8-14(19-3)13(17)10-12/h7-8,10,15,18H,4-6,9,11H2,1-3H3. The average Bonchev–Trinajstić information content (AvgIpc) is 2.37. The summed E-state index contributed by atoms with van der Waals surface area (Å²) in [5, 5.41) is 3.73. The predicted octanol–water partition coefficient (Wildman–Crippen LogP) is 4.52. The minimum absolute atomic E-state index is 0.419. The van der Waals surface area contributed by atoms with Gasteiger partial charge in [-0.2, -0.15) is 0 Å². The van der Waals surface area contributed by atoms with Crippen molar-refractivity contribution in [1.82, 2.24) is 5.32 Å². The van der Waals surface area contributed by atoms with E-state index in [0.717, 1.165) is 16.8 Å². The van der Waals surface area contributed by atoms with Crippen LogP contribution in [0.5, 0.6) is 5.75 Å². The van der Waals surface area contributed by atoms with Crippen LogP contribution in [0, 0.1) is 5.41 Å². The van der Waals surface area contributed by atoms with Crippen molar-refractivity contribution in [3.8, 4) is 5.75 Å². The highest BCUT2D eigenvalue weighted by Crippen LogP contribution is 2.35. The van der Waals surface area contributed by atoms with Crippen molar-refractivity contribution in [2.75, 3.05) is 7.11 Å². The fourth-order valence-electron chi connectivity index (χ4n) is 2.93. The van der Waals surface area contributed by atoms with Crippen LogP contribution in [-0.4, -0.2) is 13.2 Å². The van der Waals surface area contributed by atoms with Crippen molar-refractivity contribution in [1.29, 1.82) is 0 Å². The van der Waals surface area contributed by atoms with Crippen LogP contribution in [0.25, 0.3) is 0 Å². The average molecular weight is 326 g/mol. The van der Waals surface area contributed by atoms with Crippen LogP contribution in [0.3, 0.4) is 0 Å². The third kappa shape index (κ3) is 3.73. The number of rotatable bonds is 4. The maximum absolute atomic E-state index is 5.26. The van der Waals surface area contributed by atoms with E-state index in [2.05, 4.69) is 47.2 Å². The summed E-state index contributed by atoms with van der Waals surface area (Å²) in [5.74, 6) is 0.891. The number of hydrogen-bond acceptors (Lipinski definition) is 2. The molecule has 1 aromatic rings. The summed E-state index contributed by atoms with van der Waals surface area (Å²) in [6.45, 7) is 5.69. The van der Waals surface area contributed by atoms with Crippen LogP contribution in [-0.2, 0) is 6.54 Å². The Morgan fingerprint density at radius 2 is 2.16 bits per heavy atom. The fraction of sp³-hybridized carbons (Fsp3) is 0.625. The molecule has 0 saturated heterocycles. The van der Waals surface area contributed by atoms with E-state index < -0.39 is 0 Å². The summed E-state index contributed by atoms with van der Waals surface area (Å²) in [6.07, 6.45) is 5.36. The van der Waals surface area contributed by atoms with Gasteiger partial charge in [0.2, 0.25) is 0 Å². The maximum atomic E-state index is 5.26. The molecule has 1 aliphatic rings. The lowest BCUT2D eigenvalue weighted by Crippen LogP contribution is -2.43. The van der Waals surface area contributed by atoms with Crippen molar-refractivity contribution in [2.45, 2.75) is 52.1 Å². The van der Waals surface area contributed by atoms with Crippen molar-refractivity contribution in [3.63, 3.8) is 0 Å². The summed E-state index contributed by atoms with van der Waals surface area (Å²) in [4.78, 5) is 0. The lowest BCUT2D eigenvalue weighted by atomic mass is 9.73. The second-order valence-electron chi connectivity index (χ2n) is 6.14. The number of benzene rings is 1. The fourth-order valence-corrected chi connectivity index (χ4v) is 3.52. The molecule has 1 N–H and O–H groups in total. The van der Waals surface area contributed by atoms with Crippen molar-refractivity contribution in [2.24, 2.45) is 5.41 Å². The minimum Gasteiger partial charge on any atom is -0.496 e. The first-order chi connectivity index (χ1) is 9.03. The molecule has 0 aromatic heterocycles. The van der Waals surface area contributed by atoms with Crippen molar-refractivity contribution >= 4 is 15.9 Å². The highest BCUT2D eigenvalue weighted by atomic mass is 79.9. The highest BCUT2D eigenvalue weighted by Gasteiger charge is 2.31. The molecule has 2 rings (SSSR count). The molecule has 106 valence electrons. The van der Waals surface area contributed by atoms with E-state index >= 15 is 0 Å². The molecule has 19 heavy (non-hydrogen) atoms. The van der Waals surface area contributed by atoms with Gasteiger partial charge in [-0.3, -0.25) is 0 Å². The second kappa shape index (κ2) is 6.27. The third-order valence-electron chi connectivity index (χ3n) is 4.28. The van der Waals surface area contributed by atoms with E-state index in [-0.39, 0.29) is 0 Å². The molecule has 1 fully saturated rings. The Morgan fingerprint density at radius 3 is 2.79 bits per heavy atom. The van der Waals surface area contributed by atoms with Gasteiger partial charge in [-0.15, -0.1) is 0 Å². The molecule has 1 atom stereocenters. The minimum atomic E-state index is 0.419. The normalized spacial score (nSPS) is 22.2. The quantitative estimate of drug-likeness (QED) is 0.878. The zero-order valence-corrected chi connectivity index (χ0v) is 13.7. The van der Waals surface area contributed by atoms with Gasteiger partial charge in [0.1, 0.15) is 5.75 Å². The predicted molar refractivity (Wildman–Crippen MR) is 83.6 cm³/mol. The van der Waals surface area contributed by atoms with Crippen molar-refractivity contribution in [3.05, 3.63) is 28.2 Å². The van der Waals surface area contributed by atoms with Crippen molar-refractivity contribution < 1.29 is 4.74 Å². The first kappa shape index (κ1) is 14.9. The number of ether oxygens (including phenoxy) is 1. The molecule has 0 heterocycles. The van der Waals surface area contributed by atoms with Gasteiger partial charge in [-0.25, -0.2) is 0 Å². The van der Waals surface area contributed by atoms with E-state index in [1.54, 1.807) is 7.11 Å². The van der Waals surface area contributed by atoms with Gasteiger partial charge in [0.05, 0.1) is 11.6 Å². The first-order valence-electron chi connectivity index (χ1n) is 7.09. The summed E-state index contributed by atoms with van der Waals surface area (Å²) in [6, 6.07) is 6.92. The van der Waals surface area contributed by atoms with Gasteiger partial charge in [0.25, 0.3) is 0 Å². The summed E-state index contributed by atoms with van der Waals surface area (Å²) < 4.78 is 6.29. The molecule has 1 aromatic carbocycles. The Kier molecular flexibility index (Phi) is 4.91. The highest BCUT2D eigenvalue weighted by molar-refractivity contribution is 9.10. The van der Waals surface area contributed by atoms with E-state index in [1.165, 1.54) is 31.2 Å². The van der Waals surface area contributed by atoms with Crippen LogP contribution in [0.4, 0.5) is 0 Å². The van der Waals surface area contributed by atoms with Crippen LogP contribution >= 0.6 is 15.9 Å². The molecule has 0 bridgehead atoms. The molecule has 1 saturated carbocycles. The molecular formula is C16H24BrNO. The van der Waals surface area contributed by atoms with E-state index in [1.807, 2.05) is 6.07 Å². The molecule has 0 radical (unpaired) electrons. The molecule has 0 aliphatic heterocycles. The molecular weight excluding hydrogens is 302 g/mol. The second-order valence-corrected chi connectivity index (χ2v) is 6.99. The molecule has 0 spiro atoms. The lowest BCUT2D eigenvalue weighted by Gasteiger charge is -2.39. The molecule has 1 aliphatic carbocycles. The van der Waals surface area contributed by atoms with Gasteiger partial charge < -0.3 is 10.1 Å². The zero-order valence-electron chi connectivity index (χ0n) is 12.1. The third-order valence-corrected chi connectivity index (χ3v) is 4.90. The van der Waals surface area contributed by atoms with E-state index in [9.17, 15) is 0 Å².